The predicted molar refractivity (Wildman–Crippen MR) is 46.0 cm³/mol. The zero-order valence-corrected chi connectivity index (χ0v) is 8.19. The predicted octanol–water partition coefficient (Wildman–Crippen LogP) is -0.412. The molecule has 0 aliphatic heterocycles. The summed E-state index contributed by atoms with van der Waals surface area (Å²) in [5.41, 5.74) is 0. The molecule has 0 aromatic rings. The Hall–Kier alpha value is -0.820. The second-order valence-corrected chi connectivity index (χ2v) is 3.89. The molecule has 0 fully saturated rings. The van der Waals surface area contributed by atoms with Crippen molar-refractivity contribution >= 4 is 16.1 Å². The van der Waals surface area contributed by atoms with E-state index in [-0.39, 0.29) is 0 Å². The normalized spacial score (nSPS) is 10.9. The van der Waals surface area contributed by atoms with Gasteiger partial charge in [0.25, 0.3) is 0 Å². The Labute approximate surface area is 77.5 Å². The summed E-state index contributed by atoms with van der Waals surface area (Å²) in [5.74, 6) is -0.870. The molecule has 78 valence electrons. The molecule has 0 rings (SSSR count). The third kappa shape index (κ3) is 9.09. The fourth-order valence-corrected chi connectivity index (χ4v) is 0.903. The van der Waals surface area contributed by atoms with Gasteiger partial charge in [-0.25, -0.2) is 13.2 Å². The fourth-order valence-electron chi connectivity index (χ4n) is 0.595. The molecule has 13 heavy (non-hydrogen) atoms. The Kier molecular flexibility index (Phi) is 5.40. The van der Waals surface area contributed by atoms with Crippen molar-refractivity contribution < 1.29 is 17.8 Å². The van der Waals surface area contributed by atoms with Crippen molar-refractivity contribution in [3.05, 3.63) is 0 Å². The van der Waals surface area contributed by atoms with Crippen LogP contribution in [0.4, 0.5) is 4.79 Å². The first-order chi connectivity index (χ1) is 5.95. The Bertz CT molecular complexity index is 249. The van der Waals surface area contributed by atoms with E-state index >= 15 is 0 Å². The lowest BCUT2D eigenvalue weighted by Crippen LogP contribution is -2.38. The van der Waals surface area contributed by atoms with E-state index < -0.39 is 22.0 Å². The van der Waals surface area contributed by atoms with Gasteiger partial charge < -0.3 is 15.2 Å². The van der Waals surface area contributed by atoms with Gasteiger partial charge in [0, 0.05) is 6.54 Å². The molecule has 6 nitrogen and oxygen atoms in total. The Morgan fingerprint density at radius 1 is 1.38 bits per heavy atom. The molecule has 0 atom stereocenters. The van der Waals surface area contributed by atoms with Gasteiger partial charge in [0.05, 0.1) is 0 Å². The number of hydrogen-bond acceptors (Lipinski definition) is 4. The molecule has 0 aromatic carbocycles. The molecule has 0 radical (unpaired) electrons. The van der Waals surface area contributed by atoms with Crippen molar-refractivity contribution in [3.8, 4) is 0 Å². The summed E-state index contributed by atoms with van der Waals surface area (Å²) in [4.78, 5) is 10.7. The first-order valence-corrected chi connectivity index (χ1v) is 5.48. The van der Waals surface area contributed by atoms with Gasteiger partial charge >= 0.3 is 6.03 Å². The number of nitrogens with one attached hydrogen (secondary N) is 2. The summed E-state index contributed by atoms with van der Waals surface area (Å²) in [5, 5.41) is 4.33. The van der Waals surface area contributed by atoms with Crippen LogP contribution in [-0.4, -0.2) is 31.4 Å². The molecule has 0 aromatic heterocycles. The summed E-state index contributed by atoms with van der Waals surface area (Å²) in [6, 6.07) is -0.632. The summed E-state index contributed by atoms with van der Waals surface area (Å²) in [6.45, 7) is 2.43. The van der Waals surface area contributed by atoms with Crippen molar-refractivity contribution in [2.24, 2.45) is 0 Å². The second-order valence-electron chi connectivity index (χ2n) is 2.49. The maximum absolute atomic E-state index is 10.7. The lowest BCUT2D eigenvalue weighted by atomic mass is 10.3. The molecule has 0 saturated heterocycles. The standard InChI is InChI=1S/C6H14N2O4S/c1-2-3-4-7-6(9)8-5-13(10,11)12/h2-5H2,1H3,(H2,7,8,9)(H,10,11,12)/p-1. The quantitative estimate of drug-likeness (QED) is 0.475. The van der Waals surface area contributed by atoms with Gasteiger partial charge in [0.15, 0.2) is 0 Å². The van der Waals surface area contributed by atoms with Gasteiger partial charge in [-0.15, -0.1) is 0 Å². The molecular weight excluding hydrogens is 196 g/mol. The molecule has 0 heterocycles. The van der Waals surface area contributed by atoms with Crippen molar-refractivity contribution in [1.82, 2.24) is 10.6 Å². The molecule has 0 bridgehead atoms. The van der Waals surface area contributed by atoms with Gasteiger partial charge in [0.1, 0.15) is 16.0 Å². The summed E-state index contributed by atoms with van der Waals surface area (Å²) in [7, 11) is -4.37. The Morgan fingerprint density at radius 3 is 2.46 bits per heavy atom. The number of hydrogen-bond donors (Lipinski definition) is 2. The van der Waals surface area contributed by atoms with Gasteiger partial charge in [-0.3, -0.25) is 0 Å². The van der Waals surface area contributed by atoms with Gasteiger partial charge in [-0.2, -0.15) is 0 Å². The number of urea groups is 1. The number of carbonyl (C=O) groups is 1. The third-order valence-corrected chi connectivity index (χ3v) is 1.72. The van der Waals surface area contributed by atoms with E-state index in [1.807, 2.05) is 12.2 Å². The minimum atomic E-state index is -4.37. The maximum Gasteiger partial charge on any atom is 0.315 e. The lowest BCUT2D eigenvalue weighted by molar-refractivity contribution is 0.241. The van der Waals surface area contributed by atoms with E-state index in [9.17, 15) is 17.8 Å². The van der Waals surface area contributed by atoms with Crippen LogP contribution in [0.15, 0.2) is 0 Å². The second kappa shape index (κ2) is 5.76. The fraction of sp³-hybridized carbons (Fsp3) is 0.833. The lowest BCUT2D eigenvalue weighted by Gasteiger charge is -2.09. The van der Waals surface area contributed by atoms with Crippen molar-refractivity contribution in [2.75, 3.05) is 12.4 Å². The van der Waals surface area contributed by atoms with Crippen LogP contribution in [0.25, 0.3) is 0 Å². The van der Waals surface area contributed by atoms with E-state index in [2.05, 4.69) is 5.32 Å². The highest BCUT2D eigenvalue weighted by molar-refractivity contribution is 7.85. The smallest absolute Gasteiger partial charge is 0.315 e. The van der Waals surface area contributed by atoms with Crippen molar-refractivity contribution in [3.63, 3.8) is 0 Å². The van der Waals surface area contributed by atoms with Crippen LogP contribution in [-0.2, 0) is 10.1 Å². The van der Waals surface area contributed by atoms with Gasteiger partial charge in [-0.05, 0) is 6.42 Å². The van der Waals surface area contributed by atoms with Crippen LogP contribution in [0.2, 0.25) is 0 Å². The number of carbonyl (C=O) groups excluding carboxylic acids is 1. The summed E-state index contributed by atoms with van der Waals surface area (Å²) in [6.07, 6.45) is 1.75. The molecule has 0 unspecified atom stereocenters. The van der Waals surface area contributed by atoms with Crippen LogP contribution in [0.5, 0.6) is 0 Å². The largest absolute Gasteiger partial charge is 0.747 e. The first-order valence-electron chi connectivity index (χ1n) is 3.91. The minimum absolute atomic E-state index is 0.473. The number of amides is 2. The highest BCUT2D eigenvalue weighted by Crippen LogP contribution is 1.82. The molecule has 0 aliphatic rings. The SMILES string of the molecule is CCCCNC(=O)NCS(=O)(=O)[O-]. The highest BCUT2D eigenvalue weighted by Gasteiger charge is 2.00. The van der Waals surface area contributed by atoms with Crippen LogP contribution >= 0.6 is 0 Å². The van der Waals surface area contributed by atoms with E-state index in [1.165, 1.54) is 0 Å². The third-order valence-electron chi connectivity index (χ3n) is 1.23. The molecule has 2 amide bonds. The molecule has 2 N–H and O–H groups in total. The minimum Gasteiger partial charge on any atom is -0.747 e. The van der Waals surface area contributed by atoms with E-state index in [0.29, 0.717) is 6.54 Å². The number of rotatable bonds is 5. The van der Waals surface area contributed by atoms with Crippen LogP contribution < -0.4 is 10.6 Å². The molecule has 7 heteroatoms. The van der Waals surface area contributed by atoms with Crippen molar-refractivity contribution in [1.29, 1.82) is 0 Å². The average Bonchev–Trinajstić information content (AvgIpc) is 2.00. The molecular formula is C6H13N2O4S-. The Morgan fingerprint density at radius 2 is 2.00 bits per heavy atom. The highest BCUT2D eigenvalue weighted by atomic mass is 32.2. The average molecular weight is 209 g/mol. The zero-order valence-electron chi connectivity index (χ0n) is 7.37. The van der Waals surface area contributed by atoms with Crippen LogP contribution in [0.3, 0.4) is 0 Å². The monoisotopic (exact) mass is 209 g/mol. The van der Waals surface area contributed by atoms with Gasteiger partial charge in [0.2, 0.25) is 0 Å². The Balaban J connectivity index is 3.53. The summed E-state index contributed by atoms with van der Waals surface area (Å²) >= 11 is 0. The molecule has 0 spiro atoms. The van der Waals surface area contributed by atoms with Crippen molar-refractivity contribution in [2.45, 2.75) is 19.8 Å². The van der Waals surface area contributed by atoms with Crippen LogP contribution in [0, 0.1) is 0 Å². The maximum atomic E-state index is 10.7. The van der Waals surface area contributed by atoms with E-state index in [0.717, 1.165) is 12.8 Å². The number of unbranched alkanes of at least 4 members (excludes halogenated alkanes) is 1. The van der Waals surface area contributed by atoms with E-state index in [4.69, 9.17) is 0 Å². The van der Waals surface area contributed by atoms with Crippen LogP contribution in [0.1, 0.15) is 19.8 Å². The van der Waals surface area contributed by atoms with E-state index in [1.54, 1.807) is 0 Å². The molecule has 0 aliphatic carbocycles. The zero-order chi connectivity index (χ0) is 10.3. The topological polar surface area (TPSA) is 98.3 Å². The summed E-state index contributed by atoms with van der Waals surface area (Å²) < 4.78 is 30.2. The first kappa shape index (κ1) is 12.2. The van der Waals surface area contributed by atoms with Gasteiger partial charge in [-0.1, -0.05) is 13.3 Å². The molecule has 0 saturated carbocycles.